The molecule has 0 aliphatic heterocycles. The number of aromatic nitrogens is 2. The maximum atomic E-state index is 12.9. The van der Waals surface area contributed by atoms with Gasteiger partial charge in [-0.3, -0.25) is 14.2 Å². The van der Waals surface area contributed by atoms with Crippen LogP contribution in [0.1, 0.15) is 12.0 Å². The van der Waals surface area contributed by atoms with Crippen LogP contribution in [0.2, 0.25) is 0 Å². The monoisotopic (exact) mass is 411 g/mol. The molecule has 2 aromatic carbocycles. The highest BCUT2D eigenvalue weighted by molar-refractivity contribution is 7.99. The predicted molar refractivity (Wildman–Crippen MR) is 116 cm³/mol. The van der Waals surface area contributed by atoms with E-state index in [-0.39, 0.29) is 17.2 Å². The van der Waals surface area contributed by atoms with E-state index in [4.69, 9.17) is 4.74 Å². The number of hydrogen-bond donors (Lipinski definition) is 1. The summed E-state index contributed by atoms with van der Waals surface area (Å²) in [5, 5.41) is 4.07. The first-order valence-corrected chi connectivity index (χ1v) is 10.6. The second-order valence-corrected chi connectivity index (χ2v) is 7.53. The first-order valence-electron chi connectivity index (χ1n) is 9.61. The largest absolute Gasteiger partial charge is 0.385 e. The normalized spacial score (nSPS) is 10.9. The zero-order valence-electron chi connectivity index (χ0n) is 16.5. The molecule has 0 unspecified atom stereocenters. The van der Waals surface area contributed by atoms with Gasteiger partial charge < -0.3 is 10.1 Å². The average Bonchev–Trinajstić information content (AvgIpc) is 2.75. The molecule has 29 heavy (non-hydrogen) atoms. The van der Waals surface area contributed by atoms with Crippen LogP contribution in [-0.2, 0) is 22.5 Å². The van der Waals surface area contributed by atoms with E-state index >= 15 is 0 Å². The van der Waals surface area contributed by atoms with Crippen LogP contribution in [0.15, 0.2) is 64.5 Å². The molecule has 3 aromatic rings. The summed E-state index contributed by atoms with van der Waals surface area (Å²) in [6, 6.07) is 17.3. The summed E-state index contributed by atoms with van der Waals surface area (Å²) in [4.78, 5) is 29.8. The number of fused-ring (bicyclic) bond motifs is 1. The van der Waals surface area contributed by atoms with Crippen LogP contribution in [0.5, 0.6) is 0 Å². The molecule has 7 heteroatoms. The van der Waals surface area contributed by atoms with Gasteiger partial charge in [0.2, 0.25) is 5.91 Å². The van der Waals surface area contributed by atoms with E-state index < -0.39 is 0 Å². The maximum Gasteiger partial charge on any atom is 0.262 e. The summed E-state index contributed by atoms with van der Waals surface area (Å²) in [6.45, 7) is 1.64. The number of carbonyl (C=O) groups is 1. The van der Waals surface area contributed by atoms with E-state index in [0.29, 0.717) is 42.2 Å². The Balaban J connectivity index is 1.65. The summed E-state index contributed by atoms with van der Waals surface area (Å²) < 4.78 is 6.75. The van der Waals surface area contributed by atoms with Gasteiger partial charge in [0.25, 0.3) is 5.56 Å². The molecule has 0 aliphatic carbocycles. The third kappa shape index (κ3) is 5.92. The molecule has 0 bridgehead atoms. The molecule has 0 radical (unpaired) electrons. The van der Waals surface area contributed by atoms with E-state index in [1.54, 1.807) is 17.7 Å². The predicted octanol–water partition coefficient (Wildman–Crippen LogP) is 2.88. The smallest absolute Gasteiger partial charge is 0.262 e. The van der Waals surface area contributed by atoms with Crippen molar-refractivity contribution in [1.82, 2.24) is 14.9 Å². The molecule has 0 aliphatic rings. The minimum absolute atomic E-state index is 0.0724. The fourth-order valence-corrected chi connectivity index (χ4v) is 3.85. The Hall–Kier alpha value is -2.64. The number of benzene rings is 2. The van der Waals surface area contributed by atoms with E-state index in [9.17, 15) is 9.59 Å². The SMILES string of the molecule is COCCCn1c(SCC(=O)NCCc2ccccc2)nc2ccccc2c1=O. The van der Waals surface area contributed by atoms with Crippen molar-refractivity contribution in [2.75, 3.05) is 26.0 Å². The quantitative estimate of drug-likeness (QED) is 0.315. The molecule has 1 N–H and O–H groups in total. The van der Waals surface area contributed by atoms with E-state index in [0.717, 1.165) is 6.42 Å². The summed E-state index contributed by atoms with van der Waals surface area (Å²) in [5.41, 5.74) is 1.75. The van der Waals surface area contributed by atoms with Gasteiger partial charge >= 0.3 is 0 Å². The molecule has 0 spiro atoms. The molecule has 0 saturated heterocycles. The van der Waals surface area contributed by atoms with Crippen molar-refractivity contribution in [2.24, 2.45) is 0 Å². The number of carbonyl (C=O) groups excluding carboxylic acids is 1. The highest BCUT2D eigenvalue weighted by Crippen LogP contribution is 2.18. The van der Waals surface area contributed by atoms with Gasteiger partial charge in [-0.25, -0.2) is 4.98 Å². The lowest BCUT2D eigenvalue weighted by Crippen LogP contribution is -2.28. The number of methoxy groups -OCH3 is 1. The van der Waals surface area contributed by atoms with Crippen molar-refractivity contribution < 1.29 is 9.53 Å². The summed E-state index contributed by atoms with van der Waals surface area (Å²) in [6.07, 6.45) is 1.49. The second kappa shape index (κ2) is 10.8. The van der Waals surface area contributed by atoms with Gasteiger partial charge in [0.05, 0.1) is 16.7 Å². The summed E-state index contributed by atoms with van der Waals surface area (Å²) in [5.74, 6) is 0.140. The van der Waals surface area contributed by atoms with Gasteiger partial charge in [0, 0.05) is 26.8 Å². The van der Waals surface area contributed by atoms with Gasteiger partial charge in [-0.05, 0) is 30.5 Å². The highest BCUT2D eigenvalue weighted by Gasteiger charge is 2.13. The topological polar surface area (TPSA) is 73.2 Å². The molecule has 0 fully saturated rings. The van der Waals surface area contributed by atoms with Crippen molar-refractivity contribution in [1.29, 1.82) is 0 Å². The molecular formula is C22H25N3O3S. The Morgan fingerprint density at radius 3 is 2.69 bits per heavy atom. The summed E-state index contributed by atoms with van der Waals surface area (Å²) in [7, 11) is 1.64. The molecule has 1 aromatic heterocycles. The Labute approximate surface area is 174 Å². The number of nitrogens with one attached hydrogen (secondary N) is 1. The fourth-order valence-electron chi connectivity index (χ4n) is 2.99. The first kappa shape index (κ1) is 21.1. The number of ether oxygens (including phenoxy) is 1. The standard InChI is InChI=1S/C22H25N3O3S/c1-28-15-7-14-25-21(27)18-10-5-6-11-19(18)24-22(25)29-16-20(26)23-13-12-17-8-3-2-4-9-17/h2-6,8-11H,7,12-16H2,1H3,(H,23,26). The number of amides is 1. The Bertz CT molecular complexity index is 1010. The Morgan fingerprint density at radius 2 is 1.90 bits per heavy atom. The van der Waals surface area contributed by atoms with E-state index in [1.807, 2.05) is 48.5 Å². The molecular weight excluding hydrogens is 386 g/mol. The van der Waals surface area contributed by atoms with Crippen LogP contribution in [0.4, 0.5) is 0 Å². The molecule has 6 nitrogen and oxygen atoms in total. The number of para-hydroxylation sites is 1. The van der Waals surface area contributed by atoms with Crippen molar-refractivity contribution >= 4 is 28.6 Å². The van der Waals surface area contributed by atoms with Crippen LogP contribution >= 0.6 is 11.8 Å². The van der Waals surface area contributed by atoms with Crippen LogP contribution < -0.4 is 10.9 Å². The second-order valence-electron chi connectivity index (χ2n) is 6.59. The molecule has 3 rings (SSSR count). The van der Waals surface area contributed by atoms with Gasteiger partial charge in [-0.1, -0.05) is 54.2 Å². The van der Waals surface area contributed by atoms with Crippen molar-refractivity contribution in [3.8, 4) is 0 Å². The first-order chi connectivity index (χ1) is 14.2. The number of thioether (sulfide) groups is 1. The molecule has 0 atom stereocenters. The molecule has 0 saturated carbocycles. The van der Waals surface area contributed by atoms with E-state index in [1.165, 1.54) is 17.3 Å². The third-order valence-electron chi connectivity index (χ3n) is 4.47. The van der Waals surface area contributed by atoms with Crippen LogP contribution in [0.3, 0.4) is 0 Å². The van der Waals surface area contributed by atoms with Crippen molar-refractivity contribution in [3.05, 3.63) is 70.5 Å². The van der Waals surface area contributed by atoms with Crippen molar-refractivity contribution in [2.45, 2.75) is 24.5 Å². The molecule has 152 valence electrons. The Kier molecular flexibility index (Phi) is 7.84. The summed E-state index contributed by atoms with van der Waals surface area (Å²) >= 11 is 1.29. The van der Waals surface area contributed by atoms with Crippen molar-refractivity contribution in [3.63, 3.8) is 0 Å². The van der Waals surface area contributed by atoms with Gasteiger partial charge in [0.1, 0.15) is 0 Å². The Morgan fingerprint density at radius 1 is 1.14 bits per heavy atom. The lowest BCUT2D eigenvalue weighted by molar-refractivity contribution is -0.118. The van der Waals surface area contributed by atoms with Gasteiger partial charge in [0.15, 0.2) is 5.16 Å². The zero-order chi connectivity index (χ0) is 20.5. The third-order valence-corrected chi connectivity index (χ3v) is 5.44. The van der Waals surface area contributed by atoms with Crippen LogP contribution in [0.25, 0.3) is 10.9 Å². The minimum atomic E-state index is -0.0845. The maximum absolute atomic E-state index is 12.9. The van der Waals surface area contributed by atoms with Crippen LogP contribution in [0, 0.1) is 0 Å². The fraction of sp³-hybridized carbons (Fsp3) is 0.318. The van der Waals surface area contributed by atoms with Gasteiger partial charge in [-0.2, -0.15) is 0 Å². The highest BCUT2D eigenvalue weighted by atomic mass is 32.2. The number of nitrogens with zero attached hydrogens (tertiary/aromatic N) is 2. The lowest BCUT2D eigenvalue weighted by atomic mass is 10.1. The number of hydrogen-bond acceptors (Lipinski definition) is 5. The number of rotatable bonds is 10. The minimum Gasteiger partial charge on any atom is -0.385 e. The van der Waals surface area contributed by atoms with Gasteiger partial charge in [-0.15, -0.1) is 0 Å². The lowest BCUT2D eigenvalue weighted by Gasteiger charge is -2.13. The van der Waals surface area contributed by atoms with E-state index in [2.05, 4.69) is 10.3 Å². The molecule has 1 amide bonds. The van der Waals surface area contributed by atoms with Crippen LogP contribution in [-0.4, -0.2) is 41.5 Å². The average molecular weight is 412 g/mol. The molecule has 1 heterocycles. The zero-order valence-corrected chi connectivity index (χ0v) is 17.3.